The van der Waals surface area contributed by atoms with Crippen LogP contribution in [0.2, 0.25) is 0 Å². The van der Waals surface area contributed by atoms with E-state index >= 15 is 0 Å². The van der Waals surface area contributed by atoms with Crippen LogP contribution < -0.4 is 0 Å². The Morgan fingerprint density at radius 3 is 2.75 bits per heavy atom. The maximum Gasteiger partial charge on any atom is 0.224 e. The Bertz CT molecular complexity index is 241. The van der Waals surface area contributed by atoms with Gasteiger partial charge in [0, 0.05) is 13.1 Å². The molecule has 6 heteroatoms. The molecule has 0 aromatic heterocycles. The van der Waals surface area contributed by atoms with Crippen LogP contribution >= 0.6 is 15.9 Å². The number of sulfonamides is 1. The van der Waals surface area contributed by atoms with Crippen LogP contribution in [0.15, 0.2) is 0 Å². The van der Waals surface area contributed by atoms with Gasteiger partial charge >= 0.3 is 0 Å². The maximum absolute atomic E-state index is 11.3. The molecule has 0 saturated carbocycles. The molecule has 1 aliphatic heterocycles. The number of hydrogen-bond donors (Lipinski definition) is 1. The summed E-state index contributed by atoms with van der Waals surface area (Å²) in [6.07, 6.45) is 0.953. The van der Waals surface area contributed by atoms with Crippen molar-refractivity contribution in [3.05, 3.63) is 0 Å². The van der Waals surface area contributed by atoms with Crippen molar-refractivity contribution in [3.63, 3.8) is 0 Å². The van der Waals surface area contributed by atoms with Gasteiger partial charge in [-0.2, -0.15) is 4.31 Å². The molecular weight excluding hydrogens is 246 g/mol. The molecule has 1 heterocycles. The van der Waals surface area contributed by atoms with E-state index in [0.717, 1.165) is 6.42 Å². The number of nitrogens with zero attached hydrogens (tertiary/aromatic N) is 1. The molecule has 1 N–H and O–H groups in total. The second kappa shape index (κ2) is 4.04. The topological polar surface area (TPSA) is 57.6 Å². The summed E-state index contributed by atoms with van der Waals surface area (Å²) in [5.74, 6) is 0. The predicted octanol–water partition coefficient (Wildman–Crippen LogP) is 0.125. The van der Waals surface area contributed by atoms with E-state index in [1.54, 1.807) is 0 Å². The predicted molar refractivity (Wildman–Crippen MR) is 49.5 cm³/mol. The third kappa shape index (κ3) is 2.42. The fraction of sp³-hybridized carbons (Fsp3) is 1.00. The summed E-state index contributed by atoms with van der Waals surface area (Å²) >= 11 is 2.92. The number of aliphatic hydroxyl groups is 1. The molecule has 0 bridgehead atoms. The van der Waals surface area contributed by atoms with Crippen molar-refractivity contribution in [1.82, 2.24) is 4.31 Å². The first-order valence-electron chi connectivity index (χ1n) is 3.78. The smallest absolute Gasteiger partial charge is 0.224 e. The average molecular weight is 258 g/mol. The quantitative estimate of drug-likeness (QED) is 0.716. The lowest BCUT2D eigenvalue weighted by molar-refractivity contribution is 0.108. The van der Waals surface area contributed by atoms with Crippen molar-refractivity contribution in [3.8, 4) is 0 Å². The molecule has 1 fully saturated rings. The summed E-state index contributed by atoms with van der Waals surface area (Å²) in [5.41, 5.74) is 0. The van der Waals surface area contributed by atoms with Crippen LogP contribution in [-0.4, -0.2) is 41.7 Å². The molecule has 0 amide bonds. The molecule has 0 aromatic carbocycles. The van der Waals surface area contributed by atoms with Crippen LogP contribution in [0.1, 0.15) is 12.8 Å². The lowest BCUT2D eigenvalue weighted by Crippen LogP contribution is -2.42. The number of piperidine rings is 1. The monoisotopic (exact) mass is 257 g/mol. The van der Waals surface area contributed by atoms with Gasteiger partial charge in [0.2, 0.25) is 10.0 Å². The first-order valence-corrected chi connectivity index (χ1v) is 6.51. The second-order valence-corrected chi connectivity index (χ2v) is 6.15. The van der Waals surface area contributed by atoms with Crippen molar-refractivity contribution >= 4 is 26.0 Å². The highest BCUT2D eigenvalue weighted by atomic mass is 79.9. The zero-order chi connectivity index (χ0) is 9.19. The van der Waals surface area contributed by atoms with Crippen molar-refractivity contribution in [1.29, 1.82) is 0 Å². The fourth-order valence-corrected chi connectivity index (χ4v) is 3.06. The highest BCUT2D eigenvalue weighted by molar-refractivity contribution is 9.10. The van der Waals surface area contributed by atoms with Crippen LogP contribution in [0.5, 0.6) is 0 Å². The molecule has 1 saturated heterocycles. The van der Waals surface area contributed by atoms with E-state index in [2.05, 4.69) is 15.9 Å². The van der Waals surface area contributed by atoms with Gasteiger partial charge in [-0.1, -0.05) is 15.9 Å². The van der Waals surface area contributed by atoms with Gasteiger partial charge in [0.1, 0.15) is 4.66 Å². The van der Waals surface area contributed by atoms with E-state index in [0.29, 0.717) is 13.0 Å². The van der Waals surface area contributed by atoms with E-state index in [4.69, 9.17) is 0 Å². The zero-order valence-electron chi connectivity index (χ0n) is 6.61. The molecule has 1 atom stereocenters. The first kappa shape index (κ1) is 10.4. The molecule has 1 unspecified atom stereocenters. The molecule has 4 nitrogen and oxygen atoms in total. The van der Waals surface area contributed by atoms with E-state index in [1.807, 2.05) is 0 Å². The summed E-state index contributed by atoms with van der Waals surface area (Å²) in [6.45, 7) is 0.777. The van der Waals surface area contributed by atoms with E-state index in [-0.39, 0.29) is 11.2 Å². The summed E-state index contributed by atoms with van der Waals surface area (Å²) in [6, 6.07) is 0. The molecule has 72 valence electrons. The third-order valence-electron chi connectivity index (χ3n) is 1.89. The van der Waals surface area contributed by atoms with E-state index in [1.165, 1.54) is 4.31 Å². The molecule has 0 aromatic rings. The van der Waals surface area contributed by atoms with Gasteiger partial charge in [-0.3, -0.25) is 0 Å². The number of alkyl halides is 1. The Kier molecular flexibility index (Phi) is 3.51. The maximum atomic E-state index is 11.3. The van der Waals surface area contributed by atoms with Crippen molar-refractivity contribution in [2.45, 2.75) is 18.9 Å². The fourth-order valence-electron chi connectivity index (χ4n) is 1.24. The number of β-amino-alcohol motifs (C(OH)–C–C–N with tert-alkyl or cyclic N) is 1. The molecule has 0 aliphatic carbocycles. The number of halogens is 1. The normalized spacial score (nSPS) is 27.3. The Labute approximate surface area is 80.7 Å². The Hall–Kier alpha value is 0.350. The van der Waals surface area contributed by atoms with Crippen LogP contribution in [-0.2, 0) is 10.0 Å². The van der Waals surface area contributed by atoms with Crippen molar-refractivity contribution in [2.75, 3.05) is 17.8 Å². The molecule has 12 heavy (non-hydrogen) atoms. The van der Waals surface area contributed by atoms with Crippen LogP contribution in [0.4, 0.5) is 0 Å². The summed E-state index contributed by atoms with van der Waals surface area (Å²) in [7, 11) is -3.16. The SMILES string of the molecule is O=S(=O)(CBr)N1CCCC(O)C1. The van der Waals surface area contributed by atoms with Gasteiger partial charge in [-0.15, -0.1) is 0 Å². The standard InChI is InChI=1S/C6H12BrNO3S/c7-5-12(10,11)8-3-1-2-6(9)4-8/h6,9H,1-5H2. The van der Waals surface area contributed by atoms with Crippen LogP contribution in [0, 0.1) is 0 Å². The minimum Gasteiger partial charge on any atom is -0.392 e. The largest absolute Gasteiger partial charge is 0.392 e. The molecule has 1 aliphatic rings. The molecule has 1 rings (SSSR count). The van der Waals surface area contributed by atoms with Crippen LogP contribution in [0.3, 0.4) is 0 Å². The minimum absolute atomic E-state index is 0.0628. The van der Waals surface area contributed by atoms with E-state index < -0.39 is 16.1 Å². The summed E-state index contributed by atoms with van der Waals surface area (Å²) < 4.78 is 23.8. The van der Waals surface area contributed by atoms with Gasteiger partial charge in [-0.25, -0.2) is 8.42 Å². The highest BCUT2D eigenvalue weighted by Gasteiger charge is 2.26. The number of hydrogen-bond acceptors (Lipinski definition) is 3. The van der Waals surface area contributed by atoms with Crippen LogP contribution in [0.25, 0.3) is 0 Å². The lowest BCUT2D eigenvalue weighted by atomic mass is 10.1. The van der Waals surface area contributed by atoms with Crippen molar-refractivity contribution in [2.24, 2.45) is 0 Å². The summed E-state index contributed by atoms with van der Waals surface area (Å²) in [5, 5.41) is 9.22. The van der Waals surface area contributed by atoms with Crippen molar-refractivity contribution < 1.29 is 13.5 Å². The Balaban J connectivity index is 2.63. The highest BCUT2D eigenvalue weighted by Crippen LogP contribution is 2.14. The Morgan fingerprint density at radius 1 is 1.58 bits per heavy atom. The van der Waals surface area contributed by atoms with Gasteiger partial charge in [0.25, 0.3) is 0 Å². The van der Waals surface area contributed by atoms with Gasteiger partial charge in [-0.05, 0) is 12.8 Å². The minimum atomic E-state index is -3.16. The average Bonchev–Trinajstić information content (AvgIpc) is 2.05. The third-order valence-corrected chi connectivity index (χ3v) is 5.02. The summed E-state index contributed by atoms with van der Waals surface area (Å²) in [4.78, 5) is 0. The van der Waals surface area contributed by atoms with E-state index in [9.17, 15) is 13.5 Å². The molecule has 0 radical (unpaired) electrons. The molecular formula is C6H12BrNO3S. The number of rotatable bonds is 2. The van der Waals surface area contributed by atoms with Gasteiger partial charge in [0.05, 0.1) is 6.10 Å². The second-order valence-electron chi connectivity index (χ2n) is 2.88. The Morgan fingerprint density at radius 2 is 2.25 bits per heavy atom. The first-order chi connectivity index (χ1) is 5.56. The zero-order valence-corrected chi connectivity index (χ0v) is 9.01. The molecule has 0 spiro atoms. The lowest BCUT2D eigenvalue weighted by Gasteiger charge is -2.28. The number of aliphatic hydroxyl groups excluding tert-OH is 1. The van der Waals surface area contributed by atoms with Gasteiger partial charge < -0.3 is 5.11 Å². The van der Waals surface area contributed by atoms with Gasteiger partial charge in [0.15, 0.2) is 0 Å².